The van der Waals surface area contributed by atoms with Crippen molar-refractivity contribution in [3.05, 3.63) is 83.7 Å². The van der Waals surface area contributed by atoms with E-state index in [1.807, 2.05) is 66.7 Å². The third kappa shape index (κ3) is 9.20. The third-order valence-corrected chi connectivity index (χ3v) is 6.52. The molecule has 4 rings (SSSR count). The number of carboxylic acid groups (broad SMARTS) is 1. The highest BCUT2D eigenvalue weighted by Gasteiger charge is 2.31. The first-order chi connectivity index (χ1) is 20.8. The van der Waals surface area contributed by atoms with Crippen molar-refractivity contribution in [1.82, 2.24) is 25.2 Å². The lowest BCUT2D eigenvalue weighted by molar-refractivity contribution is -0.157. The Morgan fingerprint density at radius 1 is 0.953 bits per heavy atom. The largest absolute Gasteiger partial charge is 0.527 e. The van der Waals surface area contributed by atoms with Crippen molar-refractivity contribution in [3.63, 3.8) is 0 Å². The smallest absolute Gasteiger partial charge is 0.481 e. The molecule has 1 saturated heterocycles. The minimum absolute atomic E-state index is 0.0299. The Bertz CT molecular complexity index is 1440. The second kappa shape index (κ2) is 15.2. The second-order valence-corrected chi connectivity index (χ2v) is 9.60. The summed E-state index contributed by atoms with van der Waals surface area (Å²) in [5.74, 6) is -1.84. The first-order valence-corrected chi connectivity index (χ1v) is 13.9. The molecule has 12 heteroatoms. The van der Waals surface area contributed by atoms with Crippen LogP contribution in [0.25, 0.3) is 23.5 Å². The number of hydrogen-bond acceptors (Lipinski definition) is 9. The molecule has 2 amide bonds. The number of rotatable bonds is 11. The number of carbonyl (C=O) groups excluding carboxylic acids is 3. The number of aliphatic carboxylic acids is 1. The van der Waals surface area contributed by atoms with Gasteiger partial charge in [0.2, 0.25) is 5.91 Å². The molecular formula is C31H33N5O7. The molecule has 1 fully saturated rings. The summed E-state index contributed by atoms with van der Waals surface area (Å²) in [6.07, 6.45) is 2.37. The molecule has 1 aliphatic heterocycles. The van der Waals surface area contributed by atoms with Crippen LogP contribution in [0.4, 0.5) is 4.79 Å². The molecular weight excluding hydrogens is 554 g/mol. The SMILES string of the molecule is CCOC(=O)ON1CCN(C(=O)[C@H](CCC(=O)O)NC(=O)c2cc(/C=C/c3ccccc3)nc(-c3ccccc3)n2)CC1. The van der Waals surface area contributed by atoms with E-state index in [0.29, 0.717) is 17.1 Å². The van der Waals surface area contributed by atoms with E-state index >= 15 is 0 Å². The lowest BCUT2D eigenvalue weighted by atomic mass is 10.1. The van der Waals surface area contributed by atoms with Gasteiger partial charge in [0.15, 0.2) is 5.82 Å². The zero-order valence-corrected chi connectivity index (χ0v) is 23.7. The molecule has 1 aliphatic rings. The molecule has 0 unspecified atom stereocenters. The lowest BCUT2D eigenvalue weighted by Crippen LogP contribution is -2.55. The van der Waals surface area contributed by atoms with Gasteiger partial charge in [0.25, 0.3) is 5.91 Å². The molecule has 2 heterocycles. The van der Waals surface area contributed by atoms with E-state index in [0.717, 1.165) is 5.56 Å². The Hall–Kier alpha value is -5.10. The van der Waals surface area contributed by atoms with E-state index in [1.54, 1.807) is 13.0 Å². The van der Waals surface area contributed by atoms with Crippen LogP contribution in [0.5, 0.6) is 0 Å². The minimum atomic E-state index is -1.11. The molecule has 0 saturated carbocycles. The molecule has 1 atom stereocenters. The summed E-state index contributed by atoms with van der Waals surface area (Å²) >= 11 is 0. The van der Waals surface area contributed by atoms with Gasteiger partial charge in [-0.05, 0) is 31.1 Å². The van der Waals surface area contributed by atoms with Crippen molar-refractivity contribution in [2.45, 2.75) is 25.8 Å². The highest BCUT2D eigenvalue weighted by Crippen LogP contribution is 2.18. The van der Waals surface area contributed by atoms with Gasteiger partial charge in [0.05, 0.1) is 25.4 Å². The minimum Gasteiger partial charge on any atom is -0.481 e. The van der Waals surface area contributed by atoms with Crippen LogP contribution in [0, 0.1) is 0 Å². The molecule has 224 valence electrons. The number of piperazine rings is 1. The predicted octanol–water partition coefficient (Wildman–Crippen LogP) is 3.51. The molecule has 0 radical (unpaired) electrons. The van der Waals surface area contributed by atoms with E-state index in [2.05, 4.69) is 15.3 Å². The molecule has 0 spiro atoms. The highest BCUT2D eigenvalue weighted by atomic mass is 16.8. The Morgan fingerprint density at radius 3 is 2.28 bits per heavy atom. The van der Waals surface area contributed by atoms with E-state index in [1.165, 1.54) is 16.0 Å². The number of amides is 2. The average molecular weight is 588 g/mol. The van der Waals surface area contributed by atoms with Gasteiger partial charge in [0.1, 0.15) is 11.7 Å². The van der Waals surface area contributed by atoms with Gasteiger partial charge in [-0.15, -0.1) is 5.06 Å². The van der Waals surface area contributed by atoms with E-state index < -0.39 is 30.0 Å². The molecule has 0 aliphatic carbocycles. The van der Waals surface area contributed by atoms with Gasteiger partial charge >= 0.3 is 12.1 Å². The van der Waals surface area contributed by atoms with Crippen molar-refractivity contribution in [2.75, 3.05) is 32.8 Å². The van der Waals surface area contributed by atoms with E-state index in [9.17, 15) is 24.3 Å². The van der Waals surface area contributed by atoms with Crippen LogP contribution in [0.2, 0.25) is 0 Å². The molecule has 0 bridgehead atoms. The van der Waals surface area contributed by atoms with Crippen molar-refractivity contribution in [2.24, 2.45) is 0 Å². The van der Waals surface area contributed by atoms with Crippen LogP contribution in [0.15, 0.2) is 66.7 Å². The average Bonchev–Trinajstić information content (AvgIpc) is 3.02. The van der Waals surface area contributed by atoms with Crippen LogP contribution in [-0.4, -0.2) is 87.8 Å². The normalized spacial score (nSPS) is 14.2. The van der Waals surface area contributed by atoms with E-state index in [4.69, 9.17) is 9.57 Å². The van der Waals surface area contributed by atoms with Crippen LogP contribution >= 0.6 is 0 Å². The molecule has 2 N–H and O–H groups in total. The number of aromatic nitrogens is 2. The summed E-state index contributed by atoms with van der Waals surface area (Å²) < 4.78 is 4.78. The van der Waals surface area contributed by atoms with Gasteiger partial charge in [0, 0.05) is 25.1 Å². The summed E-state index contributed by atoms with van der Waals surface area (Å²) in [6, 6.07) is 19.2. The fourth-order valence-corrected chi connectivity index (χ4v) is 4.36. The third-order valence-electron chi connectivity index (χ3n) is 6.52. The predicted molar refractivity (Wildman–Crippen MR) is 157 cm³/mol. The van der Waals surface area contributed by atoms with Gasteiger partial charge in [-0.2, -0.15) is 0 Å². The van der Waals surface area contributed by atoms with Gasteiger partial charge in [-0.25, -0.2) is 14.8 Å². The van der Waals surface area contributed by atoms with Crippen molar-refractivity contribution in [3.8, 4) is 11.4 Å². The molecule has 43 heavy (non-hydrogen) atoms. The molecule has 2 aromatic carbocycles. The number of carboxylic acids is 1. The molecule has 3 aromatic rings. The molecule has 12 nitrogen and oxygen atoms in total. The fourth-order valence-electron chi connectivity index (χ4n) is 4.36. The van der Waals surface area contributed by atoms with Crippen molar-refractivity contribution >= 4 is 36.1 Å². The van der Waals surface area contributed by atoms with Crippen LogP contribution in [-0.2, 0) is 19.2 Å². The number of hydrogen-bond donors (Lipinski definition) is 2. The summed E-state index contributed by atoms with van der Waals surface area (Å²) in [6.45, 7) is 2.71. The maximum atomic E-state index is 13.5. The Labute approximate surface area is 248 Å². The zero-order chi connectivity index (χ0) is 30.6. The number of carbonyl (C=O) groups is 4. The summed E-state index contributed by atoms with van der Waals surface area (Å²) in [7, 11) is 0. The number of nitrogens with one attached hydrogen (secondary N) is 1. The second-order valence-electron chi connectivity index (χ2n) is 9.60. The van der Waals surface area contributed by atoms with Crippen LogP contribution in [0.3, 0.4) is 0 Å². The Kier molecular flexibility index (Phi) is 10.9. The Balaban J connectivity index is 1.53. The monoisotopic (exact) mass is 587 g/mol. The fraction of sp³-hybridized carbons (Fsp3) is 0.290. The summed E-state index contributed by atoms with van der Waals surface area (Å²) in [5, 5.41) is 13.4. The first-order valence-electron chi connectivity index (χ1n) is 13.9. The topological polar surface area (TPSA) is 151 Å². The van der Waals surface area contributed by atoms with Gasteiger partial charge < -0.3 is 24.9 Å². The van der Waals surface area contributed by atoms with Crippen molar-refractivity contribution < 1.29 is 33.9 Å². The maximum absolute atomic E-state index is 13.5. The number of ether oxygens (including phenoxy) is 1. The zero-order valence-electron chi connectivity index (χ0n) is 23.7. The summed E-state index contributed by atoms with van der Waals surface area (Å²) in [4.78, 5) is 65.6. The lowest BCUT2D eigenvalue weighted by Gasteiger charge is -2.35. The number of benzene rings is 2. The highest BCUT2D eigenvalue weighted by molar-refractivity contribution is 5.97. The Morgan fingerprint density at radius 2 is 1.63 bits per heavy atom. The first kappa shape index (κ1) is 30.8. The van der Waals surface area contributed by atoms with Crippen molar-refractivity contribution in [1.29, 1.82) is 0 Å². The van der Waals surface area contributed by atoms with E-state index in [-0.39, 0.29) is 51.3 Å². The maximum Gasteiger partial charge on any atom is 0.527 e. The molecule has 1 aromatic heterocycles. The van der Waals surface area contributed by atoms with Crippen LogP contribution < -0.4 is 5.32 Å². The van der Waals surface area contributed by atoms with Gasteiger partial charge in [-0.1, -0.05) is 66.7 Å². The number of nitrogens with zero attached hydrogens (tertiary/aromatic N) is 4. The number of hydroxylamine groups is 2. The quantitative estimate of drug-likeness (QED) is 0.319. The van der Waals surface area contributed by atoms with Gasteiger partial charge in [-0.3, -0.25) is 14.4 Å². The standard InChI is InChI=1S/C31H33N5O7/c1-2-42-31(41)43-36-19-17-35(18-20-36)30(40)25(15-16-27(37)38)34-29(39)26-21-24(14-13-22-9-5-3-6-10-22)32-28(33-26)23-11-7-4-8-12-23/h3-14,21,25H,2,15-20H2,1H3,(H,34,39)(H,37,38)/b14-13+/t25-/m0/s1. The summed E-state index contributed by atoms with van der Waals surface area (Å²) in [5.41, 5.74) is 2.16. The van der Waals surface area contributed by atoms with Crippen LogP contribution in [0.1, 0.15) is 41.5 Å².